The summed E-state index contributed by atoms with van der Waals surface area (Å²) >= 11 is 0. The third-order valence-electron chi connectivity index (χ3n) is 5.61. The molecule has 1 saturated heterocycles. The van der Waals surface area contributed by atoms with Crippen LogP contribution in [-0.2, 0) is 16.4 Å². The average Bonchev–Trinajstić information content (AvgIpc) is 3.32. The molecule has 0 amide bonds. The molecule has 0 atom stereocenters. The van der Waals surface area contributed by atoms with Crippen molar-refractivity contribution in [3.8, 4) is 23.0 Å². The molecule has 9 nitrogen and oxygen atoms in total. The zero-order valence-electron chi connectivity index (χ0n) is 17.5. The Morgan fingerprint density at radius 3 is 2.41 bits per heavy atom. The predicted molar refractivity (Wildman–Crippen MR) is 116 cm³/mol. The van der Waals surface area contributed by atoms with Crippen LogP contribution >= 0.6 is 0 Å². The highest BCUT2D eigenvalue weighted by atomic mass is 32.2. The van der Waals surface area contributed by atoms with Gasteiger partial charge in [-0.3, -0.25) is 0 Å². The van der Waals surface area contributed by atoms with E-state index in [0.29, 0.717) is 69.1 Å². The number of rotatable bonds is 6. The van der Waals surface area contributed by atoms with E-state index < -0.39 is 10.0 Å². The van der Waals surface area contributed by atoms with E-state index in [0.717, 1.165) is 12.1 Å². The first kappa shape index (κ1) is 20.9. The maximum Gasteiger partial charge on any atom is 0.247 e. The molecule has 168 valence electrons. The quantitative estimate of drug-likeness (QED) is 0.556. The van der Waals surface area contributed by atoms with Crippen molar-refractivity contribution in [3.05, 3.63) is 54.4 Å². The lowest BCUT2D eigenvalue weighted by Gasteiger charge is -2.33. The Hall–Kier alpha value is -2.95. The van der Waals surface area contributed by atoms with Gasteiger partial charge >= 0.3 is 0 Å². The highest BCUT2D eigenvalue weighted by Gasteiger charge is 2.29. The number of aromatic nitrogens is 2. The van der Waals surface area contributed by atoms with Crippen molar-refractivity contribution in [3.63, 3.8) is 0 Å². The Morgan fingerprint density at radius 1 is 0.875 bits per heavy atom. The summed E-state index contributed by atoms with van der Waals surface area (Å²) in [5.41, 5.74) is 0.893. The fourth-order valence-electron chi connectivity index (χ4n) is 3.83. The topological polar surface area (TPSA) is 98.0 Å². The molecule has 3 aromatic rings. The lowest BCUT2D eigenvalue weighted by atomic mass is 10.2. The third-order valence-corrected chi connectivity index (χ3v) is 7.51. The predicted octanol–water partition coefficient (Wildman–Crippen LogP) is 2.06. The Bertz CT molecular complexity index is 1170. The molecular formula is C22H24N4O5S. The van der Waals surface area contributed by atoms with Crippen LogP contribution in [0.1, 0.15) is 5.89 Å². The molecule has 10 heteroatoms. The van der Waals surface area contributed by atoms with Crippen LogP contribution in [0.5, 0.6) is 11.5 Å². The van der Waals surface area contributed by atoms with Crippen LogP contribution in [-0.4, -0.2) is 73.8 Å². The van der Waals surface area contributed by atoms with Gasteiger partial charge in [0.05, 0.1) is 4.90 Å². The second kappa shape index (κ2) is 8.89. The van der Waals surface area contributed by atoms with E-state index in [9.17, 15) is 8.42 Å². The van der Waals surface area contributed by atoms with Crippen LogP contribution in [0.2, 0.25) is 0 Å². The number of hydrogen-bond donors (Lipinski definition) is 0. The summed E-state index contributed by atoms with van der Waals surface area (Å²) in [4.78, 5) is 2.44. The monoisotopic (exact) mass is 456 g/mol. The summed E-state index contributed by atoms with van der Waals surface area (Å²) in [6.45, 7) is 3.76. The minimum atomic E-state index is -3.58. The van der Waals surface area contributed by atoms with Gasteiger partial charge in [-0.25, -0.2) is 8.42 Å². The standard InChI is InChI=1S/C22H24N4O5S/c27-32(28,18-6-7-19-20(16-18)30-15-14-29-19)26-12-10-25(11-13-26)9-8-21-23-24-22(31-21)17-4-2-1-3-5-17/h1-7,16H,8-15H2. The van der Waals surface area contributed by atoms with Crippen LogP contribution in [0.4, 0.5) is 0 Å². The first-order valence-corrected chi connectivity index (χ1v) is 12.0. The smallest absolute Gasteiger partial charge is 0.247 e. The molecule has 0 bridgehead atoms. The highest BCUT2D eigenvalue weighted by Crippen LogP contribution is 2.33. The first-order valence-electron chi connectivity index (χ1n) is 10.6. The first-order chi connectivity index (χ1) is 15.6. The summed E-state index contributed by atoms with van der Waals surface area (Å²) in [6, 6.07) is 14.4. The van der Waals surface area contributed by atoms with Crippen molar-refractivity contribution < 1.29 is 22.3 Å². The number of piperazine rings is 1. The van der Waals surface area contributed by atoms with Gasteiger partial charge in [0.25, 0.3) is 0 Å². The molecule has 0 aliphatic carbocycles. The Balaban J connectivity index is 1.16. The lowest BCUT2D eigenvalue weighted by molar-refractivity contribution is 0.170. The number of hydrogen-bond acceptors (Lipinski definition) is 8. The minimum Gasteiger partial charge on any atom is -0.486 e. The van der Waals surface area contributed by atoms with Gasteiger partial charge in [-0.2, -0.15) is 4.31 Å². The summed E-state index contributed by atoms with van der Waals surface area (Å²) in [5.74, 6) is 2.15. The average molecular weight is 457 g/mol. The van der Waals surface area contributed by atoms with Crippen molar-refractivity contribution in [1.29, 1.82) is 0 Å². The van der Waals surface area contributed by atoms with E-state index in [1.165, 1.54) is 4.31 Å². The van der Waals surface area contributed by atoms with Gasteiger partial charge < -0.3 is 18.8 Å². The summed E-state index contributed by atoms with van der Waals surface area (Å²) in [6.07, 6.45) is 0.620. The maximum atomic E-state index is 13.1. The molecule has 3 heterocycles. The molecule has 1 fully saturated rings. The van der Waals surface area contributed by atoms with Crippen molar-refractivity contribution in [2.75, 3.05) is 45.9 Å². The van der Waals surface area contributed by atoms with Crippen LogP contribution in [0.15, 0.2) is 57.8 Å². The van der Waals surface area contributed by atoms with E-state index in [2.05, 4.69) is 15.1 Å². The van der Waals surface area contributed by atoms with Gasteiger partial charge in [-0.05, 0) is 24.3 Å². The number of sulfonamides is 1. The summed E-state index contributed by atoms with van der Waals surface area (Å²) in [5, 5.41) is 8.25. The number of benzene rings is 2. The van der Waals surface area contributed by atoms with Gasteiger partial charge in [0.1, 0.15) is 13.2 Å². The van der Waals surface area contributed by atoms with E-state index in [-0.39, 0.29) is 4.90 Å². The highest BCUT2D eigenvalue weighted by molar-refractivity contribution is 7.89. The molecule has 0 spiro atoms. The Morgan fingerprint density at radius 2 is 1.62 bits per heavy atom. The van der Waals surface area contributed by atoms with Gasteiger partial charge in [0.2, 0.25) is 21.8 Å². The largest absolute Gasteiger partial charge is 0.486 e. The molecule has 1 aromatic heterocycles. The second-order valence-electron chi connectivity index (χ2n) is 7.67. The zero-order chi connectivity index (χ0) is 22.0. The molecule has 2 aliphatic rings. The molecule has 0 saturated carbocycles. The van der Waals surface area contributed by atoms with Gasteiger partial charge in [0.15, 0.2) is 11.5 Å². The van der Waals surface area contributed by atoms with Gasteiger partial charge in [0, 0.05) is 50.8 Å². The Labute approximate surface area is 186 Å². The Kier molecular flexibility index (Phi) is 5.81. The third kappa shape index (κ3) is 4.34. The fraction of sp³-hybridized carbons (Fsp3) is 0.364. The van der Waals surface area contributed by atoms with Crippen LogP contribution in [0.25, 0.3) is 11.5 Å². The van der Waals surface area contributed by atoms with Crippen molar-refractivity contribution >= 4 is 10.0 Å². The normalized spacial score (nSPS) is 17.4. The molecule has 0 unspecified atom stereocenters. The molecule has 32 heavy (non-hydrogen) atoms. The molecule has 2 aliphatic heterocycles. The zero-order valence-corrected chi connectivity index (χ0v) is 18.3. The molecule has 5 rings (SSSR count). The molecule has 2 aromatic carbocycles. The molecular weight excluding hydrogens is 432 g/mol. The maximum absolute atomic E-state index is 13.1. The van der Waals surface area contributed by atoms with E-state index in [4.69, 9.17) is 13.9 Å². The molecule has 0 radical (unpaired) electrons. The van der Waals surface area contributed by atoms with Crippen LogP contribution in [0, 0.1) is 0 Å². The van der Waals surface area contributed by atoms with Crippen molar-refractivity contribution in [2.45, 2.75) is 11.3 Å². The van der Waals surface area contributed by atoms with Crippen LogP contribution in [0.3, 0.4) is 0 Å². The SMILES string of the molecule is O=S(=O)(c1ccc2c(c1)OCCO2)N1CCN(CCc2nnc(-c3ccccc3)o2)CC1. The van der Waals surface area contributed by atoms with E-state index >= 15 is 0 Å². The fourth-order valence-corrected chi connectivity index (χ4v) is 5.27. The van der Waals surface area contributed by atoms with E-state index in [1.54, 1.807) is 18.2 Å². The van der Waals surface area contributed by atoms with Gasteiger partial charge in [-0.1, -0.05) is 18.2 Å². The van der Waals surface area contributed by atoms with Crippen molar-refractivity contribution in [1.82, 2.24) is 19.4 Å². The number of nitrogens with zero attached hydrogens (tertiary/aromatic N) is 4. The number of fused-ring (bicyclic) bond motifs is 1. The van der Waals surface area contributed by atoms with Gasteiger partial charge in [-0.15, -0.1) is 10.2 Å². The second-order valence-corrected chi connectivity index (χ2v) is 9.61. The van der Waals surface area contributed by atoms with Crippen molar-refractivity contribution in [2.24, 2.45) is 0 Å². The van der Waals surface area contributed by atoms with Crippen LogP contribution < -0.4 is 9.47 Å². The summed E-state index contributed by atoms with van der Waals surface area (Å²) < 4.78 is 44.4. The minimum absolute atomic E-state index is 0.231. The number of ether oxygens (including phenoxy) is 2. The lowest BCUT2D eigenvalue weighted by Crippen LogP contribution is -2.49. The molecule has 0 N–H and O–H groups in total. The van der Waals surface area contributed by atoms with E-state index in [1.807, 2.05) is 30.3 Å². The summed E-state index contributed by atoms with van der Waals surface area (Å²) in [7, 11) is -3.58.